The van der Waals surface area contributed by atoms with Crippen molar-refractivity contribution in [3.05, 3.63) is 70.7 Å². The second-order valence-electron chi connectivity index (χ2n) is 5.13. The highest BCUT2D eigenvalue weighted by Gasteiger charge is 2.17. The third-order valence-electron chi connectivity index (χ3n) is 3.28. The molecule has 0 radical (unpaired) electrons. The molecular weight excluding hydrogens is 284 g/mol. The SMILES string of the molecule is CC(Cc1ccc(Cl)cc1)NC(=O)C(N)c1ccccc1. The van der Waals surface area contributed by atoms with Crippen LogP contribution in [0, 0.1) is 0 Å². The molecule has 0 aliphatic rings. The number of carbonyl (C=O) groups is 1. The molecule has 21 heavy (non-hydrogen) atoms. The average Bonchev–Trinajstić information content (AvgIpc) is 2.49. The van der Waals surface area contributed by atoms with Crippen LogP contribution in [0.25, 0.3) is 0 Å². The zero-order chi connectivity index (χ0) is 15.2. The lowest BCUT2D eigenvalue weighted by atomic mass is 10.0. The molecule has 0 bridgehead atoms. The van der Waals surface area contributed by atoms with E-state index in [0.717, 1.165) is 17.5 Å². The van der Waals surface area contributed by atoms with Gasteiger partial charge in [0.1, 0.15) is 6.04 Å². The molecule has 0 fully saturated rings. The van der Waals surface area contributed by atoms with Crippen LogP contribution >= 0.6 is 11.6 Å². The molecule has 3 nitrogen and oxygen atoms in total. The van der Waals surface area contributed by atoms with Gasteiger partial charge in [-0.3, -0.25) is 4.79 Å². The Balaban J connectivity index is 1.91. The summed E-state index contributed by atoms with van der Waals surface area (Å²) in [5, 5.41) is 3.65. The second kappa shape index (κ2) is 7.25. The van der Waals surface area contributed by atoms with Gasteiger partial charge in [0.15, 0.2) is 0 Å². The fraction of sp³-hybridized carbons (Fsp3) is 0.235. The number of nitrogens with one attached hydrogen (secondary N) is 1. The van der Waals surface area contributed by atoms with Gasteiger partial charge in [0.05, 0.1) is 0 Å². The Bertz CT molecular complexity index is 583. The van der Waals surface area contributed by atoms with E-state index in [9.17, 15) is 4.79 Å². The van der Waals surface area contributed by atoms with Gasteiger partial charge >= 0.3 is 0 Å². The molecule has 2 rings (SSSR count). The van der Waals surface area contributed by atoms with Crippen molar-refractivity contribution in [3.63, 3.8) is 0 Å². The number of rotatable bonds is 5. The normalized spacial score (nSPS) is 13.5. The molecule has 4 heteroatoms. The second-order valence-corrected chi connectivity index (χ2v) is 5.57. The summed E-state index contributed by atoms with van der Waals surface area (Å²) in [5.74, 6) is -0.164. The van der Waals surface area contributed by atoms with Crippen LogP contribution in [0.4, 0.5) is 0 Å². The Kier molecular flexibility index (Phi) is 5.37. The molecule has 0 spiro atoms. The Labute approximate surface area is 130 Å². The van der Waals surface area contributed by atoms with E-state index >= 15 is 0 Å². The fourth-order valence-corrected chi connectivity index (χ4v) is 2.30. The molecule has 2 unspecified atom stereocenters. The Hall–Kier alpha value is -1.84. The molecule has 0 saturated heterocycles. The van der Waals surface area contributed by atoms with Gasteiger partial charge in [0.25, 0.3) is 0 Å². The molecule has 2 aromatic rings. The predicted molar refractivity (Wildman–Crippen MR) is 86.1 cm³/mol. The van der Waals surface area contributed by atoms with Gasteiger partial charge in [-0.15, -0.1) is 0 Å². The maximum atomic E-state index is 12.1. The third-order valence-corrected chi connectivity index (χ3v) is 3.54. The van der Waals surface area contributed by atoms with Crippen LogP contribution < -0.4 is 11.1 Å². The zero-order valence-electron chi connectivity index (χ0n) is 11.9. The minimum atomic E-state index is -0.640. The predicted octanol–water partition coefficient (Wildman–Crippen LogP) is 3.09. The molecule has 3 N–H and O–H groups in total. The van der Waals surface area contributed by atoms with E-state index in [1.807, 2.05) is 61.5 Å². The highest BCUT2D eigenvalue weighted by molar-refractivity contribution is 6.30. The van der Waals surface area contributed by atoms with Crippen LogP contribution in [-0.2, 0) is 11.2 Å². The molecule has 0 heterocycles. The van der Waals surface area contributed by atoms with Crippen molar-refractivity contribution in [2.75, 3.05) is 0 Å². The van der Waals surface area contributed by atoms with Crippen LogP contribution in [0.3, 0.4) is 0 Å². The van der Waals surface area contributed by atoms with E-state index < -0.39 is 6.04 Å². The topological polar surface area (TPSA) is 55.1 Å². The van der Waals surface area contributed by atoms with Crippen molar-refractivity contribution in [1.29, 1.82) is 0 Å². The summed E-state index contributed by atoms with van der Waals surface area (Å²) in [6.45, 7) is 1.96. The first-order chi connectivity index (χ1) is 10.1. The number of carbonyl (C=O) groups excluding carboxylic acids is 1. The van der Waals surface area contributed by atoms with Gasteiger partial charge in [0, 0.05) is 11.1 Å². The summed E-state index contributed by atoms with van der Waals surface area (Å²) in [7, 11) is 0. The van der Waals surface area contributed by atoms with Crippen LogP contribution in [-0.4, -0.2) is 11.9 Å². The lowest BCUT2D eigenvalue weighted by molar-refractivity contribution is -0.123. The van der Waals surface area contributed by atoms with Crippen molar-refractivity contribution in [2.24, 2.45) is 5.73 Å². The molecule has 0 aromatic heterocycles. The first-order valence-electron chi connectivity index (χ1n) is 6.91. The van der Waals surface area contributed by atoms with Gasteiger partial charge in [0.2, 0.25) is 5.91 Å². The number of hydrogen-bond donors (Lipinski definition) is 2. The fourth-order valence-electron chi connectivity index (χ4n) is 2.17. The highest BCUT2D eigenvalue weighted by atomic mass is 35.5. The molecule has 0 saturated carbocycles. The summed E-state index contributed by atoms with van der Waals surface area (Å²) in [6.07, 6.45) is 0.740. The minimum absolute atomic E-state index is 0.00781. The monoisotopic (exact) mass is 302 g/mol. The molecule has 110 valence electrons. The molecular formula is C17H19ClN2O. The summed E-state index contributed by atoms with van der Waals surface area (Å²) >= 11 is 5.86. The number of hydrogen-bond acceptors (Lipinski definition) is 2. The quantitative estimate of drug-likeness (QED) is 0.892. The third kappa shape index (κ3) is 4.59. The van der Waals surface area contributed by atoms with Crippen LogP contribution in [0.2, 0.25) is 5.02 Å². The van der Waals surface area contributed by atoms with Gasteiger partial charge in [-0.25, -0.2) is 0 Å². The van der Waals surface area contributed by atoms with Crippen molar-refractivity contribution in [3.8, 4) is 0 Å². The van der Waals surface area contributed by atoms with E-state index in [4.69, 9.17) is 17.3 Å². The van der Waals surface area contributed by atoms with E-state index in [2.05, 4.69) is 5.32 Å². The summed E-state index contributed by atoms with van der Waals surface area (Å²) in [5.41, 5.74) is 7.91. The van der Waals surface area contributed by atoms with Crippen LogP contribution in [0.5, 0.6) is 0 Å². The van der Waals surface area contributed by atoms with E-state index in [1.54, 1.807) is 0 Å². The number of nitrogens with two attached hydrogens (primary N) is 1. The van der Waals surface area contributed by atoms with Gasteiger partial charge in [-0.1, -0.05) is 54.1 Å². The van der Waals surface area contributed by atoms with Crippen LogP contribution in [0.15, 0.2) is 54.6 Å². The Morgan fingerprint density at radius 1 is 1.14 bits per heavy atom. The number of benzene rings is 2. The van der Waals surface area contributed by atoms with Crippen molar-refractivity contribution >= 4 is 17.5 Å². The van der Waals surface area contributed by atoms with Crippen molar-refractivity contribution in [2.45, 2.75) is 25.4 Å². The lowest BCUT2D eigenvalue weighted by Gasteiger charge is -2.18. The van der Waals surface area contributed by atoms with Gasteiger partial charge in [-0.2, -0.15) is 0 Å². The molecule has 0 aliphatic heterocycles. The highest BCUT2D eigenvalue weighted by Crippen LogP contribution is 2.12. The lowest BCUT2D eigenvalue weighted by Crippen LogP contribution is -2.40. The molecule has 0 aliphatic carbocycles. The molecule has 2 aromatic carbocycles. The number of amides is 1. The largest absolute Gasteiger partial charge is 0.352 e. The average molecular weight is 303 g/mol. The van der Waals surface area contributed by atoms with Gasteiger partial charge in [-0.05, 0) is 36.6 Å². The number of halogens is 1. The first kappa shape index (κ1) is 15.5. The smallest absolute Gasteiger partial charge is 0.241 e. The maximum Gasteiger partial charge on any atom is 0.241 e. The van der Waals surface area contributed by atoms with Crippen LogP contribution in [0.1, 0.15) is 24.1 Å². The summed E-state index contributed by atoms with van der Waals surface area (Å²) in [4.78, 5) is 12.1. The van der Waals surface area contributed by atoms with Crippen molar-refractivity contribution in [1.82, 2.24) is 5.32 Å². The first-order valence-corrected chi connectivity index (χ1v) is 7.29. The summed E-state index contributed by atoms with van der Waals surface area (Å²) in [6, 6.07) is 16.3. The standard InChI is InChI=1S/C17H19ClN2O/c1-12(11-13-7-9-15(18)10-8-13)20-17(21)16(19)14-5-3-2-4-6-14/h2-10,12,16H,11,19H2,1H3,(H,20,21). The Morgan fingerprint density at radius 2 is 1.76 bits per heavy atom. The van der Waals surface area contributed by atoms with E-state index in [-0.39, 0.29) is 11.9 Å². The summed E-state index contributed by atoms with van der Waals surface area (Å²) < 4.78 is 0. The van der Waals surface area contributed by atoms with E-state index in [1.165, 1.54) is 0 Å². The minimum Gasteiger partial charge on any atom is -0.352 e. The van der Waals surface area contributed by atoms with Crippen molar-refractivity contribution < 1.29 is 4.79 Å². The Morgan fingerprint density at radius 3 is 2.38 bits per heavy atom. The zero-order valence-corrected chi connectivity index (χ0v) is 12.7. The van der Waals surface area contributed by atoms with Gasteiger partial charge < -0.3 is 11.1 Å². The molecule has 2 atom stereocenters. The molecule has 1 amide bonds. The maximum absolute atomic E-state index is 12.1. The van der Waals surface area contributed by atoms with E-state index in [0.29, 0.717) is 5.02 Å².